The fraction of sp³-hybridized carbons (Fsp3) is 0.222. The van der Waals surface area contributed by atoms with Crippen molar-refractivity contribution in [3.63, 3.8) is 0 Å². The highest BCUT2D eigenvalue weighted by atomic mass is 19.3. The first-order valence-electron chi connectivity index (χ1n) is 4.45. The molecule has 1 aromatic heterocycles. The molecule has 0 unspecified atom stereocenters. The molecule has 0 bridgehead atoms. The molecule has 0 aromatic carbocycles. The zero-order valence-electron chi connectivity index (χ0n) is 8.63. The van der Waals surface area contributed by atoms with Crippen LogP contribution in [0.15, 0.2) is 6.07 Å². The number of rotatable bonds is 4. The Labute approximate surface area is 98.4 Å². The number of halogens is 2. The van der Waals surface area contributed by atoms with Crippen molar-refractivity contribution in [2.75, 3.05) is 0 Å². The van der Waals surface area contributed by atoms with Gasteiger partial charge < -0.3 is 5.11 Å². The summed E-state index contributed by atoms with van der Waals surface area (Å²) in [7, 11) is 0. The topological polar surface area (TPSA) is 117 Å². The summed E-state index contributed by atoms with van der Waals surface area (Å²) in [6.07, 6.45) is -3.99. The SMILES string of the molecule is N#Cc1cc([N+](=O)[O-])c(CC(=O)O)nc1C(F)F. The number of nitrogens with zero attached hydrogens (tertiary/aromatic N) is 3. The van der Waals surface area contributed by atoms with Crippen molar-refractivity contribution in [3.8, 4) is 6.07 Å². The van der Waals surface area contributed by atoms with E-state index in [1.54, 1.807) is 0 Å². The third-order valence-corrected chi connectivity index (χ3v) is 1.95. The molecular formula is C9H5F2N3O4. The summed E-state index contributed by atoms with van der Waals surface area (Å²) in [4.78, 5) is 23.3. The van der Waals surface area contributed by atoms with Crippen LogP contribution in [0.5, 0.6) is 0 Å². The first kappa shape index (κ1) is 13.4. The van der Waals surface area contributed by atoms with Crippen LogP contribution in [-0.2, 0) is 11.2 Å². The van der Waals surface area contributed by atoms with Crippen LogP contribution in [-0.4, -0.2) is 21.0 Å². The number of nitro groups is 1. The van der Waals surface area contributed by atoms with E-state index in [1.165, 1.54) is 6.07 Å². The van der Waals surface area contributed by atoms with Gasteiger partial charge >= 0.3 is 5.97 Å². The van der Waals surface area contributed by atoms with Crippen molar-refractivity contribution >= 4 is 11.7 Å². The fourth-order valence-electron chi connectivity index (χ4n) is 1.24. The normalized spacial score (nSPS) is 10.1. The van der Waals surface area contributed by atoms with Crippen molar-refractivity contribution < 1.29 is 23.6 Å². The molecule has 0 atom stereocenters. The van der Waals surface area contributed by atoms with Crippen molar-refractivity contribution in [3.05, 3.63) is 33.1 Å². The molecule has 0 saturated heterocycles. The molecule has 0 aliphatic heterocycles. The van der Waals surface area contributed by atoms with Gasteiger partial charge in [0.2, 0.25) is 0 Å². The molecule has 18 heavy (non-hydrogen) atoms. The largest absolute Gasteiger partial charge is 0.481 e. The molecule has 7 nitrogen and oxygen atoms in total. The molecule has 0 saturated carbocycles. The van der Waals surface area contributed by atoms with Gasteiger partial charge in [0.25, 0.3) is 12.1 Å². The summed E-state index contributed by atoms with van der Waals surface area (Å²) in [6, 6.07) is 1.96. The molecule has 0 aliphatic rings. The molecule has 1 aromatic rings. The van der Waals surface area contributed by atoms with Gasteiger partial charge in [0.05, 0.1) is 16.9 Å². The predicted octanol–water partition coefficient (Wildman–Crippen LogP) is 1.43. The third kappa shape index (κ3) is 2.73. The maximum atomic E-state index is 12.5. The van der Waals surface area contributed by atoms with E-state index in [1.807, 2.05) is 0 Å². The Hall–Kier alpha value is -2.63. The van der Waals surface area contributed by atoms with E-state index in [0.717, 1.165) is 0 Å². The molecule has 0 spiro atoms. The minimum atomic E-state index is -3.12. The smallest absolute Gasteiger partial charge is 0.309 e. The number of pyridine rings is 1. The average Bonchev–Trinajstić information content (AvgIpc) is 2.27. The van der Waals surface area contributed by atoms with Crippen LogP contribution >= 0.6 is 0 Å². The van der Waals surface area contributed by atoms with E-state index in [0.29, 0.717) is 6.07 Å². The minimum Gasteiger partial charge on any atom is -0.481 e. The zero-order valence-corrected chi connectivity index (χ0v) is 8.63. The molecule has 0 radical (unpaired) electrons. The van der Waals surface area contributed by atoms with E-state index in [-0.39, 0.29) is 0 Å². The van der Waals surface area contributed by atoms with Gasteiger partial charge in [-0.25, -0.2) is 13.8 Å². The van der Waals surface area contributed by atoms with Crippen LogP contribution in [0, 0.1) is 21.4 Å². The molecule has 94 valence electrons. The van der Waals surface area contributed by atoms with Crippen molar-refractivity contribution in [2.45, 2.75) is 12.8 Å². The lowest BCUT2D eigenvalue weighted by Gasteiger charge is -2.05. The highest BCUT2D eigenvalue weighted by Gasteiger charge is 2.25. The fourth-order valence-corrected chi connectivity index (χ4v) is 1.24. The lowest BCUT2D eigenvalue weighted by atomic mass is 10.1. The van der Waals surface area contributed by atoms with Crippen molar-refractivity contribution in [2.24, 2.45) is 0 Å². The summed E-state index contributed by atoms with van der Waals surface area (Å²) in [5.41, 5.74) is -2.98. The molecule has 1 rings (SSSR count). The summed E-state index contributed by atoms with van der Waals surface area (Å²) in [6.45, 7) is 0. The van der Waals surface area contributed by atoms with Gasteiger partial charge in [0.1, 0.15) is 17.5 Å². The number of aromatic nitrogens is 1. The van der Waals surface area contributed by atoms with Crippen LogP contribution in [0.2, 0.25) is 0 Å². The van der Waals surface area contributed by atoms with Gasteiger partial charge in [-0.15, -0.1) is 0 Å². The Kier molecular flexibility index (Phi) is 3.83. The Morgan fingerprint density at radius 2 is 2.28 bits per heavy atom. The number of hydrogen-bond donors (Lipinski definition) is 1. The summed E-state index contributed by atoms with van der Waals surface area (Å²) < 4.78 is 25.1. The zero-order chi connectivity index (χ0) is 13.9. The van der Waals surface area contributed by atoms with Crippen LogP contribution in [0.25, 0.3) is 0 Å². The molecule has 0 aliphatic carbocycles. The number of hydrogen-bond acceptors (Lipinski definition) is 5. The maximum absolute atomic E-state index is 12.5. The van der Waals surface area contributed by atoms with Crippen molar-refractivity contribution in [1.82, 2.24) is 4.98 Å². The monoisotopic (exact) mass is 257 g/mol. The number of nitriles is 1. The van der Waals surface area contributed by atoms with Gasteiger partial charge in [-0.2, -0.15) is 5.26 Å². The van der Waals surface area contributed by atoms with Crippen LogP contribution in [0.3, 0.4) is 0 Å². The highest BCUT2D eigenvalue weighted by Crippen LogP contribution is 2.26. The van der Waals surface area contributed by atoms with E-state index in [2.05, 4.69) is 4.98 Å². The number of carboxylic acids is 1. The summed E-state index contributed by atoms with van der Waals surface area (Å²) >= 11 is 0. The van der Waals surface area contributed by atoms with Gasteiger partial charge in [-0.3, -0.25) is 14.9 Å². The van der Waals surface area contributed by atoms with Crippen molar-refractivity contribution in [1.29, 1.82) is 5.26 Å². The lowest BCUT2D eigenvalue weighted by Crippen LogP contribution is -2.09. The minimum absolute atomic E-state index is 0.604. The van der Waals surface area contributed by atoms with E-state index in [4.69, 9.17) is 10.4 Å². The van der Waals surface area contributed by atoms with Crippen LogP contribution in [0.1, 0.15) is 23.4 Å². The molecule has 9 heteroatoms. The van der Waals surface area contributed by atoms with E-state index >= 15 is 0 Å². The Morgan fingerprint density at radius 1 is 1.67 bits per heavy atom. The molecule has 0 fully saturated rings. The summed E-state index contributed by atoms with van der Waals surface area (Å²) in [5.74, 6) is -1.45. The average molecular weight is 257 g/mol. The standard InChI is InChI=1S/C9H5F2N3O4/c10-9(11)8-4(3-12)1-6(14(17)18)5(13-8)2-7(15)16/h1,9H,2H2,(H,15,16). The van der Waals surface area contributed by atoms with Gasteiger partial charge in [0, 0.05) is 6.07 Å². The van der Waals surface area contributed by atoms with Gasteiger partial charge in [0.15, 0.2) is 0 Å². The third-order valence-electron chi connectivity index (χ3n) is 1.95. The summed E-state index contributed by atoms with van der Waals surface area (Å²) in [5, 5.41) is 27.7. The first-order chi connectivity index (χ1) is 8.36. The Balaban J connectivity index is 3.48. The second kappa shape index (κ2) is 5.13. The quantitative estimate of drug-likeness (QED) is 0.643. The first-order valence-corrected chi connectivity index (χ1v) is 4.45. The Morgan fingerprint density at radius 3 is 2.67 bits per heavy atom. The molecule has 1 N–H and O–H groups in total. The number of aliphatic carboxylic acids is 1. The molecule has 0 amide bonds. The van der Waals surface area contributed by atoms with Crippen LogP contribution < -0.4 is 0 Å². The lowest BCUT2D eigenvalue weighted by molar-refractivity contribution is -0.385. The number of alkyl halides is 2. The number of carbonyl (C=O) groups is 1. The maximum Gasteiger partial charge on any atom is 0.309 e. The second-order valence-electron chi connectivity index (χ2n) is 3.13. The number of carboxylic acid groups (broad SMARTS) is 1. The Bertz CT molecular complexity index is 553. The second-order valence-corrected chi connectivity index (χ2v) is 3.13. The molecular weight excluding hydrogens is 252 g/mol. The van der Waals surface area contributed by atoms with Gasteiger partial charge in [-0.1, -0.05) is 0 Å². The highest BCUT2D eigenvalue weighted by molar-refractivity contribution is 5.71. The van der Waals surface area contributed by atoms with E-state index < -0.39 is 46.4 Å². The molecule has 1 heterocycles. The van der Waals surface area contributed by atoms with Crippen LogP contribution in [0.4, 0.5) is 14.5 Å². The predicted molar refractivity (Wildman–Crippen MR) is 51.9 cm³/mol. The van der Waals surface area contributed by atoms with E-state index in [9.17, 15) is 23.7 Å². The van der Waals surface area contributed by atoms with Gasteiger partial charge in [-0.05, 0) is 0 Å².